The first-order chi connectivity index (χ1) is 11.1. The van der Waals surface area contributed by atoms with Crippen molar-refractivity contribution in [3.63, 3.8) is 0 Å². The Morgan fingerprint density at radius 1 is 1.25 bits per heavy atom. The van der Waals surface area contributed by atoms with Gasteiger partial charge < -0.3 is 10.5 Å². The van der Waals surface area contributed by atoms with Crippen LogP contribution in [0.15, 0.2) is 43.0 Å². The maximum atomic E-state index is 11.9. The van der Waals surface area contributed by atoms with Crippen molar-refractivity contribution in [3.8, 4) is 0 Å². The fourth-order valence-electron chi connectivity index (χ4n) is 1.90. The first-order valence-corrected chi connectivity index (χ1v) is 9.61. The van der Waals surface area contributed by atoms with Gasteiger partial charge in [0.05, 0.1) is 25.1 Å². The molecule has 0 spiro atoms. The minimum atomic E-state index is -3.59. The molecule has 1 aromatic rings. The van der Waals surface area contributed by atoms with Crippen molar-refractivity contribution in [3.05, 3.63) is 48.6 Å². The fraction of sp³-hybridized carbons (Fsp3) is 0.556. The molecule has 136 valence electrons. The molecule has 2 unspecified atom stereocenters. The zero-order valence-electron chi connectivity index (χ0n) is 14.8. The van der Waals surface area contributed by atoms with Crippen LogP contribution in [0.4, 0.5) is 0 Å². The molecule has 0 aliphatic heterocycles. The van der Waals surface area contributed by atoms with Gasteiger partial charge in [-0.05, 0) is 17.4 Å². The van der Waals surface area contributed by atoms with Gasteiger partial charge in [0, 0.05) is 6.04 Å². The Hall–Kier alpha value is -1.21. The number of rotatable bonds is 10. The molecule has 0 aliphatic rings. The first-order valence-electron chi connectivity index (χ1n) is 8.04. The molecule has 1 rings (SSSR count). The average Bonchev–Trinajstić information content (AvgIpc) is 2.52. The summed E-state index contributed by atoms with van der Waals surface area (Å²) in [5.74, 6) is -0.136. The Labute approximate surface area is 146 Å². The standard InChI is InChI=1S/C18H29NO4S/c1-5-17(22-13-15-9-7-6-8-10-15)16(19)11-12-24(20,21)23-14-18(2,3)4/h5-10,16-17H,1,11-14,19H2,2-4H3. The van der Waals surface area contributed by atoms with Gasteiger partial charge >= 0.3 is 0 Å². The van der Waals surface area contributed by atoms with E-state index in [1.807, 2.05) is 51.1 Å². The third kappa shape index (κ3) is 8.59. The number of hydrogen-bond donors (Lipinski definition) is 1. The van der Waals surface area contributed by atoms with Crippen molar-refractivity contribution in [1.82, 2.24) is 0 Å². The van der Waals surface area contributed by atoms with E-state index < -0.39 is 22.3 Å². The topological polar surface area (TPSA) is 78.6 Å². The molecule has 0 radical (unpaired) electrons. The van der Waals surface area contributed by atoms with Gasteiger partial charge in [-0.3, -0.25) is 4.18 Å². The highest BCUT2D eigenvalue weighted by Crippen LogP contribution is 2.16. The summed E-state index contributed by atoms with van der Waals surface area (Å²) in [4.78, 5) is 0. The largest absolute Gasteiger partial charge is 0.368 e. The Morgan fingerprint density at radius 2 is 1.88 bits per heavy atom. The van der Waals surface area contributed by atoms with Crippen molar-refractivity contribution in [2.45, 2.75) is 45.9 Å². The molecule has 0 aromatic heterocycles. The predicted octanol–water partition coefficient (Wildman–Crippen LogP) is 2.87. The molecule has 24 heavy (non-hydrogen) atoms. The van der Waals surface area contributed by atoms with Crippen LogP contribution in [0.2, 0.25) is 0 Å². The van der Waals surface area contributed by atoms with Gasteiger partial charge in [-0.2, -0.15) is 8.42 Å². The van der Waals surface area contributed by atoms with Crippen LogP contribution in [0.5, 0.6) is 0 Å². The molecule has 5 nitrogen and oxygen atoms in total. The Kier molecular flexibility index (Phi) is 8.09. The first kappa shape index (κ1) is 20.8. The molecule has 0 heterocycles. The second-order valence-electron chi connectivity index (χ2n) is 7.03. The van der Waals surface area contributed by atoms with E-state index in [4.69, 9.17) is 14.7 Å². The predicted molar refractivity (Wildman–Crippen MR) is 97.0 cm³/mol. The quantitative estimate of drug-likeness (QED) is 0.516. The summed E-state index contributed by atoms with van der Waals surface area (Å²) < 4.78 is 34.6. The van der Waals surface area contributed by atoms with E-state index in [9.17, 15) is 8.42 Å². The normalized spacial score (nSPS) is 15.0. The van der Waals surface area contributed by atoms with Gasteiger partial charge in [-0.1, -0.05) is 57.2 Å². The van der Waals surface area contributed by atoms with Gasteiger partial charge in [-0.25, -0.2) is 0 Å². The van der Waals surface area contributed by atoms with Crippen molar-refractivity contribution in [2.75, 3.05) is 12.4 Å². The molecule has 0 saturated heterocycles. The van der Waals surface area contributed by atoms with Gasteiger partial charge in [0.25, 0.3) is 10.1 Å². The van der Waals surface area contributed by atoms with Crippen LogP contribution < -0.4 is 5.73 Å². The smallest absolute Gasteiger partial charge is 0.267 e. The second-order valence-corrected chi connectivity index (χ2v) is 8.79. The van der Waals surface area contributed by atoms with E-state index in [1.165, 1.54) is 0 Å². The van der Waals surface area contributed by atoms with E-state index in [2.05, 4.69) is 6.58 Å². The van der Waals surface area contributed by atoms with Crippen LogP contribution >= 0.6 is 0 Å². The lowest BCUT2D eigenvalue weighted by Gasteiger charge is -2.22. The summed E-state index contributed by atoms with van der Waals surface area (Å²) >= 11 is 0. The fourth-order valence-corrected chi connectivity index (χ4v) is 3.12. The highest BCUT2D eigenvalue weighted by molar-refractivity contribution is 7.86. The second kappa shape index (κ2) is 9.32. The minimum absolute atomic E-state index is 0.136. The van der Waals surface area contributed by atoms with Crippen LogP contribution in [0.25, 0.3) is 0 Å². The summed E-state index contributed by atoms with van der Waals surface area (Å²) in [5, 5.41) is 0. The summed E-state index contributed by atoms with van der Waals surface area (Å²) in [6, 6.07) is 9.25. The lowest BCUT2D eigenvalue weighted by atomic mass is 9.99. The zero-order valence-corrected chi connectivity index (χ0v) is 15.6. The number of nitrogens with two attached hydrogens (primary N) is 1. The maximum Gasteiger partial charge on any atom is 0.267 e. The van der Waals surface area contributed by atoms with Gasteiger partial charge in [0.15, 0.2) is 0 Å². The highest BCUT2D eigenvalue weighted by atomic mass is 32.2. The van der Waals surface area contributed by atoms with Crippen LogP contribution in [-0.2, 0) is 25.6 Å². The molecule has 0 aliphatic carbocycles. The van der Waals surface area contributed by atoms with Crippen LogP contribution in [0.1, 0.15) is 32.8 Å². The van der Waals surface area contributed by atoms with Crippen LogP contribution in [-0.4, -0.2) is 32.9 Å². The third-order valence-electron chi connectivity index (χ3n) is 3.31. The SMILES string of the molecule is C=CC(OCc1ccccc1)C(N)CCS(=O)(=O)OCC(C)(C)C. The van der Waals surface area contributed by atoms with Crippen molar-refractivity contribution < 1.29 is 17.3 Å². The summed E-state index contributed by atoms with van der Waals surface area (Å²) in [5.41, 5.74) is 6.88. The summed E-state index contributed by atoms with van der Waals surface area (Å²) in [7, 11) is -3.59. The molecule has 1 aromatic carbocycles. The zero-order chi connectivity index (χ0) is 18.2. The van der Waals surface area contributed by atoms with Crippen molar-refractivity contribution in [1.29, 1.82) is 0 Å². The monoisotopic (exact) mass is 355 g/mol. The summed E-state index contributed by atoms with van der Waals surface area (Å²) in [6.07, 6.45) is 1.44. The van der Waals surface area contributed by atoms with Gasteiger partial charge in [-0.15, -0.1) is 6.58 Å². The minimum Gasteiger partial charge on any atom is -0.368 e. The summed E-state index contributed by atoms with van der Waals surface area (Å²) in [6.45, 7) is 10.0. The Bertz CT molecular complexity index is 593. The molecule has 0 bridgehead atoms. The van der Waals surface area contributed by atoms with Crippen molar-refractivity contribution in [2.24, 2.45) is 11.1 Å². The molecule has 0 saturated carbocycles. The van der Waals surface area contributed by atoms with E-state index >= 15 is 0 Å². The van der Waals surface area contributed by atoms with E-state index in [0.29, 0.717) is 6.61 Å². The van der Waals surface area contributed by atoms with Crippen LogP contribution in [0, 0.1) is 5.41 Å². The Balaban J connectivity index is 2.46. The third-order valence-corrected chi connectivity index (χ3v) is 4.52. The number of benzene rings is 1. The maximum absolute atomic E-state index is 11.9. The molecule has 2 atom stereocenters. The van der Waals surface area contributed by atoms with Crippen LogP contribution in [0.3, 0.4) is 0 Å². The molecular formula is C18H29NO4S. The van der Waals surface area contributed by atoms with E-state index in [-0.39, 0.29) is 24.2 Å². The molecule has 0 amide bonds. The molecule has 2 N–H and O–H groups in total. The molecule has 0 fully saturated rings. The number of ether oxygens (including phenoxy) is 1. The lowest BCUT2D eigenvalue weighted by Crippen LogP contribution is -2.37. The highest BCUT2D eigenvalue weighted by Gasteiger charge is 2.22. The molecule has 6 heteroatoms. The molecular weight excluding hydrogens is 326 g/mol. The lowest BCUT2D eigenvalue weighted by molar-refractivity contribution is 0.0545. The van der Waals surface area contributed by atoms with E-state index in [1.54, 1.807) is 6.08 Å². The number of hydrogen-bond acceptors (Lipinski definition) is 5. The average molecular weight is 356 g/mol. The van der Waals surface area contributed by atoms with Gasteiger partial charge in [0.2, 0.25) is 0 Å². The Morgan fingerprint density at radius 3 is 2.42 bits per heavy atom. The van der Waals surface area contributed by atoms with E-state index in [0.717, 1.165) is 5.56 Å². The van der Waals surface area contributed by atoms with Crippen molar-refractivity contribution >= 4 is 10.1 Å². The van der Waals surface area contributed by atoms with Gasteiger partial charge in [0.1, 0.15) is 0 Å².